The lowest BCUT2D eigenvalue weighted by molar-refractivity contribution is -0.141. The summed E-state index contributed by atoms with van der Waals surface area (Å²) in [7, 11) is 0. The van der Waals surface area contributed by atoms with Gasteiger partial charge in [0.1, 0.15) is 5.75 Å². The number of rotatable bonds is 5. The molecule has 0 saturated heterocycles. The molecule has 0 saturated carbocycles. The molecular weight excluding hydrogens is 258 g/mol. The first-order chi connectivity index (χ1) is 9.43. The summed E-state index contributed by atoms with van der Waals surface area (Å²) < 4.78 is 5.17. The number of nitrogens with zero attached hydrogens (tertiary/aromatic N) is 1. The Bertz CT molecular complexity index is 535. The van der Waals surface area contributed by atoms with Gasteiger partial charge in [-0.3, -0.25) is 4.79 Å². The van der Waals surface area contributed by atoms with Crippen LogP contribution in [0.3, 0.4) is 0 Å². The van der Waals surface area contributed by atoms with Gasteiger partial charge >= 0.3 is 11.9 Å². The molecule has 1 rings (SSSR count). The van der Waals surface area contributed by atoms with Gasteiger partial charge in [0.25, 0.3) is 0 Å². The van der Waals surface area contributed by atoms with E-state index in [4.69, 9.17) is 9.57 Å². The highest BCUT2D eigenvalue weighted by atomic mass is 16.7. The number of hydrogen-bond acceptors (Lipinski definition) is 5. The first-order valence-corrected chi connectivity index (χ1v) is 6.48. The van der Waals surface area contributed by atoms with Crippen molar-refractivity contribution in [3.8, 4) is 5.75 Å². The number of carbonyl (C=O) groups is 2. The van der Waals surface area contributed by atoms with E-state index in [2.05, 4.69) is 5.16 Å². The zero-order chi connectivity index (χ0) is 15.1. The van der Waals surface area contributed by atoms with Crippen molar-refractivity contribution in [3.05, 3.63) is 29.3 Å². The Labute approximate surface area is 118 Å². The molecule has 5 nitrogen and oxygen atoms in total. The topological polar surface area (TPSA) is 65.0 Å². The quantitative estimate of drug-likeness (QED) is 0.273. The second-order valence-corrected chi connectivity index (χ2v) is 4.46. The van der Waals surface area contributed by atoms with Crippen molar-refractivity contribution in [1.82, 2.24) is 0 Å². The largest absolute Gasteiger partial charge is 0.426 e. The second-order valence-electron chi connectivity index (χ2n) is 4.46. The number of ether oxygens (including phenoxy) is 1. The minimum atomic E-state index is -0.486. The highest BCUT2D eigenvalue weighted by Crippen LogP contribution is 2.23. The van der Waals surface area contributed by atoms with Crippen LogP contribution in [0.25, 0.3) is 0 Å². The van der Waals surface area contributed by atoms with Gasteiger partial charge in [-0.2, -0.15) is 0 Å². The van der Waals surface area contributed by atoms with E-state index in [0.717, 1.165) is 12.0 Å². The molecule has 0 atom stereocenters. The Hall–Kier alpha value is -2.17. The fourth-order valence-corrected chi connectivity index (χ4v) is 1.70. The van der Waals surface area contributed by atoms with Crippen molar-refractivity contribution in [3.63, 3.8) is 0 Å². The van der Waals surface area contributed by atoms with E-state index in [-0.39, 0.29) is 0 Å². The van der Waals surface area contributed by atoms with Crippen LogP contribution in [0.1, 0.15) is 44.7 Å². The highest BCUT2D eigenvalue weighted by molar-refractivity contribution is 6.03. The molecule has 0 radical (unpaired) electrons. The minimum Gasteiger partial charge on any atom is -0.426 e. The number of aryl methyl sites for hydroxylation is 1. The molecule has 0 aliphatic heterocycles. The van der Waals surface area contributed by atoms with Crippen molar-refractivity contribution >= 4 is 17.7 Å². The Morgan fingerprint density at radius 2 is 1.90 bits per heavy atom. The molecule has 0 aliphatic carbocycles. The van der Waals surface area contributed by atoms with Gasteiger partial charge in [-0.05, 0) is 25.5 Å². The van der Waals surface area contributed by atoms with Gasteiger partial charge < -0.3 is 9.57 Å². The number of hydrogen-bond donors (Lipinski definition) is 0. The van der Waals surface area contributed by atoms with Gasteiger partial charge in [0.15, 0.2) is 0 Å². The van der Waals surface area contributed by atoms with E-state index in [9.17, 15) is 9.59 Å². The Balaban J connectivity index is 3.22. The summed E-state index contributed by atoms with van der Waals surface area (Å²) in [4.78, 5) is 26.8. The van der Waals surface area contributed by atoms with Crippen LogP contribution < -0.4 is 4.74 Å². The van der Waals surface area contributed by atoms with Gasteiger partial charge in [0.05, 0.1) is 5.71 Å². The van der Waals surface area contributed by atoms with Crippen molar-refractivity contribution in [2.24, 2.45) is 5.16 Å². The maximum absolute atomic E-state index is 11.1. The lowest BCUT2D eigenvalue weighted by atomic mass is 10.0. The standard InChI is InChI=1S/C15H19NO4/c1-5-6-14(16-20-12(4)18)13-9-10(2)7-8-15(13)19-11(3)17/h7-9H,5-6H2,1-4H3/b16-14+. The van der Waals surface area contributed by atoms with Crippen molar-refractivity contribution in [1.29, 1.82) is 0 Å². The van der Waals surface area contributed by atoms with E-state index >= 15 is 0 Å². The summed E-state index contributed by atoms with van der Waals surface area (Å²) in [5.74, 6) is -0.471. The molecule has 0 fully saturated rings. The van der Waals surface area contributed by atoms with Crippen LogP contribution in [0.2, 0.25) is 0 Å². The molecule has 0 amide bonds. The number of esters is 1. The normalized spacial score (nSPS) is 11.1. The van der Waals surface area contributed by atoms with Gasteiger partial charge in [0, 0.05) is 19.4 Å². The molecule has 0 unspecified atom stereocenters. The van der Waals surface area contributed by atoms with E-state index in [1.54, 1.807) is 6.07 Å². The molecule has 0 aliphatic rings. The van der Waals surface area contributed by atoms with Crippen LogP contribution in [-0.2, 0) is 14.4 Å². The first-order valence-electron chi connectivity index (χ1n) is 6.48. The van der Waals surface area contributed by atoms with Crippen LogP contribution >= 0.6 is 0 Å². The average Bonchev–Trinajstić information content (AvgIpc) is 2.36. The summed E-state index contributed by atoms with van der Waals surface area (Å²) in [6.45, 7) is 6.55. The van der Waals surface area contributed by atoms with E-state index < -0.39 is 11.9 Å². The third kappa shape index (κ3) is 4.84. The molecule has 0 aromatic heterocycles. The third-order valence-corrected chi connectivity index (χ3v) is 2.47. The van der Waals surface area contributed by atoms with Crippen LogP contribution in [0.15, 0.2) is 23.4 Å². The maximum Gasteiger partial charge on any atom is 0.331 e. The molecule has 0 bridgehead atoms. The summed E-state index contributed by atoms with van der Waals surface area (Å²) in [5.41, 5.74) is 2.26. The molecule has 1 aromatic rings. The predicted octanol–water partition coefficient (Wildman–Crippen LogP) is 2.99. The zero-order valence-corrected chi connectivity index (χ0v) is 12.2. The van der Waals surface area contributed by atoms with E-state index in [1.807, 2.05) is 26.0 Å². The lowest BCUT2D eigenvalue weighted by Gasteiger charge is -2.11. The summed E-state index contributed by atoms with van der Waals surface area (Å²) >= 11 is 0. The lowest BCUT2D eigenvalue weighted by Crippen LogP contribution is -2.10. The fraction of sp³-hybridized carbons (Fsp3) is 0.400. The number of oxime groups is 1. The Morgan fingerprint density at radius 1 is 1.20 bits per heavy atom. The summed E-state index contributed by atoms with van der Waals surface area (Å²) in [6, 6.07) is 5.42. The minimum absolute atomic E-state index is 0.404. The van der Waals surface area contributed by atoms with Crippen LogP contribution in [0.4, 0.5) is 0 Å². The van der Waals surface area contributed by atoms with Crippen LogP contribution in [0.5, 0.6) is 5.75 Å². The van der Waals surface area contributed by atoms with Crippen LogP contribution in [0, 0.1) is 6.92 Å². The molecule has 0 N–H and O–H groups in total. The molecular formula is C15H19NO4. The SMILES string of the molecule is CCC/C(=N\OC(C)=O)c1cc(C)ccc1OC(C)=O. The highest BCUT2D eigenvalue weighted by Gasteiger charge is 2.13. The van der Waals surface area contributed by atoms with Crippen molar-refractivity contribution in [2.75, 3.05) is 0 Å². The van der Waals surface area contributed by atoms with Gasteiger partial charge in [-0.1, -0.05) is 30.1 Å². The number of benzene rings is 1. The van der Waals surface area contributed by atoms with Gasteiger partial charge in [-0.25, -0.2) is 4.79 Å². The second kappa shape index (κ2) is 7.43. The van der Waals surface area contributed by atoms with E-state index in [1.165, 1.54) is 13.8 Å². The first kappa shape index (κ1) is 15.9. The van der Waals surface area contributed by atoms with Gasteiger partial charge in [0.2, 0.25) is 0 Å². The smallest absolute Gasteiger partial charge is 0.331 e. The van der Waals surface area contributed by atoms with E-state index in [0.29, 0.717) is 23.4 Å². The van der Waals surface area contributed by atoms with Crippen molar-refractivity contribution in [2.45, 2.75) is 40.5 Å². The Kier molecular flexibility index (Phi) is 5.90. The van der Waals surface area contributed by atoms with Crippen molar-refractivity contribution < 1.29 is 19.2 Å². The Morgan fingerprint density at radius 3 is 2.45 bits per heavy atom. The summed E-state index contributed by atoms with van der Waals surface area (Å²) in [6.07, 6.45) is 1.44. The molecule has 1 aromatic carbocycles. The molecule has 108 valence electrons. The summed E-state index contributed by atoms with van der Waals surface area (Å²) in [5, 5.41) is 3.87. The average molecular weight is 277 g/mol. The predicted molar refractivity (Wildman–Crippen MR) is 75.7 cm³/mol. The third-order valence-electron chi connectivity index (χ3n) is 2.47. The fourth-order valence-electron chi connectivity index (χ4n) is 1.70. The maximum atomic E-state index is 11.1. The molecule has 5 heteroatoms. The monoisotopic (exact) mass is 277 g/mol. The molecule has 0 heterocycles. The number of carbonyl (C=O) groups excluding carboxylic acids is 2. The molecule has 0 spiro atoms. The molecule has 20 heavy (non-hydrogen) atoms. The van der Waals surface area contributed by atoms with Crippen LogP contribution in [-0.4, -0.2) is 17.7 Å². The van der Waals surface area contributed by atoms with Gasteiger partial charge in [-0.15, -0.1) is 0 Å². The zero-order valence-electron chi connectivity index (χ0n) is 12.2.